The standard InChI is InChI=1S/C19H26N4O2.ClH/c20-17-12-4-3-5-13(17)11-14(10-12)18(24)21-8-9-23-16-7-2-1-6-15(16)22-19(23)25;/h1-2,6-7,12-14,17H,3-5,8-11,20H2,(H,21,24)(H,22,25);1H. The van der Waals surface area contributed by atoms with E-state index in [4.69, 9.17) is 5.73 Å². The molecule has 2 bridgehead atoms. The molecule has 142 valence electrons. The van der Waals surface area contributed by atoms with E-state index >= 15 is 0 Å². The van der Waals surface area contributed by atoms with Crippen LogP contribution in [0.25, 0.3) is 11.0 Å². The molecule has 2 aromatic rings. The maximum absolute atomic E-state index is 12.6. The van der Waals surface area contributed by atoms with E-state index in [-0.39, 0.29) is 36.0 Å². The molecule has 1 aromatic heterocycles. The molecule has 2 unspecified atom stereocenters. The second kappa shape index (κ2) is 7.84. The number of carbonyl (C=O) groups excluding carboxylic acids is 1. The number of hydrogen-bond acceptors (Lipinski definition) is 3. The summed E-state index contributed by atoms with van der Waals surface area (Å²) in [4.78, 5) is 27.5. The molecule has 7 heteroatoms. The van der Waals surface area contributed by atoms with Crippen LogP contribution in [-0.4, -0.2) is 28.0 Å². The van der Waals surface area contributed by atoms with Crippen LogP contribution in [0.1, 0.15) is 32.1 Å². The predicted octanol–water partition coefficient (Wildman–Crippen LogP) is 2.02. The molecule has 2 saturated carbocycles. The molecule has 2 atom stereocenters. The number of aromatic nitrogens is 2. The highest BCUT2D eigenvalue weighted by Gasteiger charge is 2.40. The van der Waals surface area contributed by atoms with Gasteiger partial charge in [0.05, 0.1) is 11.0 Å². The average Bonchev–Trinajstić information content (AvgIpc) is 2.90. The number of carbonyl (C=O) groups is 1. The van der Waals surface area contributed by atoms with Gasteiger partial charge in [0.1, 0.15) is 0 Å². The quantitative estimate of drug-likeness (QED) is 0.759. The fourth-order valence-corrected chi connectivity index (χ4v) is 4.77. The number of amides is 1. The van der Waals surface area contributed by atoms with Crippen molar-refractivity contribution >= 4 is 29.3 Å². The minimum absolute atomic E-state index is 0. The molecule has 6 nitrogen and oxygen atoms in total. The summed E-state index contributed by atoms with van der Waals surface area (Å²) in [6.45, 7) is 0.951. The monoisotopic (exact) mass is 378 g/mol. The summed E-state index contributed by atoms with van der Waals surface area (Å²) < 4.78 is 1.68. The number of rotatable bonds is 4. The molecular formula is C19H27ClN4O2. The van der Waals surface area contributed by atoms with Gasteiger partial charge in [-0.3, -0.25) is 9.36 Å². The first-order valence-electron chi connectivity index (χ1n) is 9.34. The van der Waals surface area contributed by atoms with E-state index in [1.165, 1.54) is 6.42 Å². The first kappa shape index (κ1) is 19.0. The van der Waals surface area contributed by atoms with Crippen molar-refractivity contribution in [1.29, 1.82) is 0 Å². The molecule has 1 amide bonds. The number of nitrogens with one attached hydrogen (secondary N) is 2. The SMILES string of the molecule is Cl.NC1C2CCCC1CC(C(=O)NCCn1c(=O)[nH]c3ccccc31)C2. The summed E-state index contributed by atoms with van der Waals surface area (Å²) in [5, 5.41) is 3.03. The van der Waals surface area contributed by atoms with Crippen molar-refractivity contribution in [2.45, 2.75) is 44.7 Å². The van der Waals surface area contributed by atoms with Crippen molar-refractivity contribution in [2.24, 2.45) is 23.5 Å². The molecule has 4 rings (SSSR count). The zero-order chi connectivity index (χ0) is 17.4. The number of H-pyrrole nitrogens is 1. The molecule has 2 fully saturated rings. The van der Waals surface area contributed by atoms with Crippen LogP contribution >= 0.6 is 12.4 Å². The lowest BCUT2D eigenvalue weighted by Gasteiger charge is -2.43. The summed E-state index contributed by atoms with van der Waals surface area (Å²) in [6.07, 6.45) is 5.40. The van der Waals surface area contributed by atoms with Gasteiger partial charge in [0.2, 0.25) is 5.91 Å². The van der Waals surface area contributed by atoms with Crippen LogP contribution in [0.5, 0.6) is 0 Å². The van der Waals surface area contributed by atoms with E-state index < -0.39 is 0 Å². The van der Waals surface area contributed by atoms with Crippen LogP contribution in [0.4, 0.5) is 0 Å². The molecule has 0 saturated heterocycles. The lowest BCUT2D eigenvalue weighted by molar-refractivity contribution is -0.127. The maximum atomic E-state index is 12.6. The number of imidazole rings is 1. The van der Waals surface area contributed by atoms with Gasteiger partial charge in [-0.1, -0.05) is 18.6 Å². The summed E-state index contributed by atoms with van der Waals surface area (Å²) in [5.41, 5.74) is 7.88. The topological polar surface area (TPSA) is 92.9 Å². The molecule has 26 heavy (non-hydrogen) atoms. The Labute approximate surface area is 158 Å². The highest BCUT2D eigenvalue weighted by molar-refractivity contribution is 5.85. The van der Waals surface area contributed by atoms with E-state index in [0.29, 0.717) is 24.9 Å². The van der Waals surface area contributed by atoms with Gasteiger partial charge in [-0.2, -0.15) is 0 Å². The summed E-state index contributed by atoms with van der Waals surface area (Å²) >= 11 is 0. The molecule has 2 aliphatic rings. The Balaban J connectivity index is 0.00000196. The zero-order valence-electron chi connectivity index (χ0n) is 14.8. The van der Waals surface area contributed by atoms with E-state index in [0.717, 1.165) is 36.7 Å². The smallest absolute Gasteiger partial charge is 0.326 e. The highest BCUT2D eigenvalue weighted by Crippen LogP contribution is 2.41. The lowest BCUT2D eigenvalue weighted by atomic mass is 9.65. The Bertz CT molecular complexity index is 816. The van der Waals surface area contributed by atoms with Crippen LogP contribution < -0.4 is 16.7 Å². The van der Waals surface area contributed by atoms with E-state index in [9.17, 15) is 9.59 Å². The van der Waals surface area contributed by atoms with Gasteiger partial charge >= 0.3 is 5.69 Å². The number of nitrogens with two attached hydrogens (primary N) is 1. The van der Waals surface area contributed by atoms with Gasteiger partial charge in [0, 0.05) is 25.0 Å². The summed E-state index contributed by atoms with van der Waals surface area (Å²) in [5.74, 6) is 1.20. The van der Waals surface area contributed by atoms with Crippen LogP contribution in [0, 0.1) is 17.8 Å². The molecular weight excluding hydrogens is 352 g/mol. The van der Waals surface area contributed by atoms with Gasteiger partial charge in [-0.25, -0.2) is 4.79 Å². The first-order valence-corrected chi connectivity index (χ1v) is 9.34. The molecule has 0 spiro atoms. The van der Waals surface area contributed by atoms with Gasteiger partial charge in [-0.15, -0.1) is 12.4 Å². The van der Waals surface area contributed by atoms with Gasteiger partial charge in [0.15, 0.2) is 0 Å². The number of fused-ring (bicyclic) bond motifs is 3. The van der Waals surface area contributed by atoms with E-state index in [1.807, 2.05) is 24.3 Å². The maximum Gasteiger partial charge on any atom is 0.326 e. The molecule has 1 heterocycles. The number of para-hydroxylation sites is 2. The number of hydrogen-bond donors (Lipinski definition) is 3. The third-order valence-electron chi connectivity index (χ3n) is 6.10. The van der Waals surface area contributed by atoms with Crippen molar-refractivity contribution in [3.05, 3.63) is 34.7 Å². The van der Waals surface area contributed by atoms with Gasteiger partial charge < -0.3 is 16.0 Å². The Morgan fingerprint density at radius 2 is 1.92 bits per heavy atom. The largest absolute Gasteiger partial charge is 0.354 e. The van der Waals surface area contributed by atoms with Crippen LogP contribution in [0.15, 0.2) is 29.1 Å². The Morgan fingerprint density at radius 1 is 1.23 bits per heavy atom. The molecule has 2 aliphatic carbocycles. The average molecular weight is 379 g/mol. The molecule has 1 aromatic carbocycles. The van der Waals surface area contributed by atoms with Crippen molar-refractivity contribution in [3.8, 4) is 0 Å². The molecule has 0 aliphatic heterocycles. The van der Waals surface area contributed by atoms with Crippen LogP contribution in [0.3, 0.4) is 0 Å². The second-order valence-corrected chi connectivity index (χ2v) is 7.59. The summed E-state index contributed by atoms with van der Waals surface area (Å²) in [6, 6.07) is 7.89. The van der Waals surface area contributed by atoms with E-state index in [2.05, 4.69) is 10.3 Å². The van der Waals surface area contributed by atoms with Crippen molar-refractivity contribution in [1.82, 2.24) is 14.9 Å². The van der Waals surface area contributed by atoms with Crippen LogP contribution in [-0.2, 0) is 11.3 Å². The first-order chi connectivity index (χ1) is 12.1. The molecule has 4 N–H and O–H groups in total. The minimum Gasteiger partial charge on any atom is -0.354 e. The third kappa shape index (κ3) is 3.53. The fourth-order valence-electron chi connectivity index (χ4n) is 4.77. The van der Waals surface area contributed by atoms with E-state index in [1.54, 1.807) is 4.57 Å². The number of halogens is 1. The van der Waals surface area contributed by atoms with Gasteiger partial charge in [0.25, 0.3) is 0 Å². The number of benzene rings is 1. The minimum atomic E-state index is -0.131. The Hall–Kier alpha value is -1.79. The van der Waals surface area contributed by atoms with Crippen molar-refractivity contribution in [3.63, 3.8) is 0 Å². The lowest BCUT2D eigenvalue weighted by Crippen LogP contribution is -2.49. The van der Waals surface area contributed by atoms with Gasteiger partial charge in [-0.05, 0) is 49.7 Å². The molecule has 0 radical (unpaired) electrons. The zero-order valence-corrected chi connectivity index (χ0v) is 15.6. The Kier molecular flexibility index (Phi) is 5.73. The third-order valence-corrected chi connectivity index (χ3v) is 6.10. The second-order valence-electron chi connectivity index (χ2n) is 7.59. The number of aromatic amines is 1. The van der Waals surface area contributed by atoms with Crippen LogP contribution in [0.2, 0.25) is 0 Å². The highest BCUT2D eigenvalue weighted by atomic mass is 35.5. The fraction of sp³-hybridized carbons (Fsp3) is 0.579. The number of nitrogens with zero attached hydrogens (tertiary/aromatic N) is 1. The summed E-state index contributed by atoms with van der Waals surface area (Å²) in [7, 11) is 0. The van der Waals surface area contributed by atoms with Crippen molar-refractivity contribution < 1.29 is 4.79 Å². The van der Waals surface area contributed by atoms with Crippen molar-refractivity contribution in [2.75, 3.05) is 6.54 Å². The Morgan fingerprint density at radius 3 is 2.65 bits per heavy atom. The normalized spacial score (nSPS) is 27.7. The predicted molar refractivity (Wildman–Crippen MR) is 104 cm³/mol.